The molecule has 0 radical (unpaired) electrons. The molecule has 2 aromatic heterocycles. The van der Waals surface area contributed by atoms with Crippen molar-refractivity contribution in [3.05, 3.63) is 46.0 Å². The van der Waals surface area contributed by atoms with Gasteiger partial charge < -0.3 is 9.80 Å². The van der Waals surface area contributed by atoms with Gasteiger partial charge in [0.25, 0.3) is 5.56 Å². The molecular weight excluding hydrogens is 352 g/mol. The summed E-state index contributed by atoms with van der Waals surface area (Å²) >= 11 is 0. The highest BCUT2D eigenvalue weighted by Gasteiger charge is 2.26. The van der Waals surface area contributed by atoms with E-state index in [4.69, 9.17) is 0 Å². The third-order valence-corrected chi connectivity index (χ3v) is 6.03. The molecule has 4 heterocycles. The number of hydrogen-bond donors (Lipinski definition) is 0. The summed E-state index contributed by atoms with van der Waals surface area (Å²) < 4.78 is 1.77. The number of piperidine rings is 1. The molecule has 0 N–H and O–H groups in total. The molecule has 4 rings (SSSR count). The fourth-order valence-corrected chi connectivity index (χ4v) is 4.23. The van der Waals surface area contributed by atoms with Crippen LogP contribution in [0, 0.1) is 5.92 Å². The van der Waals surface area contributed by atoms with E-state index in [-0.39, 0.29) is 11.5 Å². The van der Waals surface area contributed by atoms with Crippen molar-refractivity contribution < 1.29 is 0 Å². The summed E-state index contributed by atoms with van der Waals surface area (Å²) in [5.74, 6) is 1.89. The SMILES string of the molecule is CC(C)c1cc(=O)n(CC2CCN(c3ncnc4c3CN(C)CC4)CC2)cn1. The monoisotopic (exact) mass is 382 g/mol. The van der Waals surface area contributed by atoms with E-state index in [1.165, 1.54) is 11.3 Å². The molecule has 2 aliphatic heterocycles. The van der Waals surface area contributed by atoms with Crippen molar-refractivity contribution in [2.45, 2.75) is 52.1 Å². The van der Waals surface area contributed by atoms with Gasteiger partial charge in [0, 0.05) is 50.8 Å². The Labute approximate surface area is 166 Å². The molecular formula is C21H30N6O. The lowest BCUT2D eigenvalue weighted by atomic mass is 9.96. The van der Waals surface area contributed by atoms with Crippen LogP contribution in [0.25, 0.3) is 0 Å². The van der Waals surface area contributed by atoms with E-state index in [0.717, 1.165) is 63.5 Å². The van der Waals surface area contributed by atoms with E-state index in [1.54, 1.807) is 23.3 Å². The molecule has 0 aromatic carbocycles. The van der Waals surface area contributed by atoms with Gasteiger partial charge in [-0.3, -0.25) is 9.36 Å². The van der Waals surface area contributed by atoms with Crippen LogP contribution in [0.4, 0.5) is 5.82 Å². The Morgan fingerprint density at radius 1 is 1.14 bits per heavy atom. The molecule has 0 atom stereocenters. The molecule has 1 saturated heterocycles. The zero-order valence-electron chi connectivity index (χ0n) is 17.1. The molecule has 0 bridgehead atoms. The molecule has 2 aliphatic rings. The smallest absolute Gasteiger partial charge is 0.253 e. The van der Waals surface area contributed by atoms with Crippen molar-refractivity contribution in [3.8, 4) is 0 Å². The maximum absolute atomic E-state index is 12.4. The van der Waals surface area contributed by atoms with Gasteiger partial charge >= 0.3 is 0 Å². The average molecular weight is 383 g/mol. The molecule has 0 amide bonds. The highest BCUT2D eigenvalue weighted by molar-refractivity contribution is 5.49. The van der Waals surface area contributed by atoms with Crippen molar-refractivity contribution in [1.29, 1.82) is 0 Å². The first-order valence-corrected chi connectivity index (χ1v) is 10.3. The van der Waals surface area contributed by atoms with Gasteiger partial charge in [-0.05, 0) is 31.7 Å². The van der Waals surface area contributed by atoms with Gasteiger partial charge in [-0.25, -0.2) is 15.0 Å². The molecule has 0 saturated carbocycles. The van der Waals surface area contributed by atoms with Crippen LogP contribution in [0.1, 0.15) is 49.6 Å². The van der Waals surface area contributed by atoms with Gasteiger partial charge in [0.05, 0.1) is 17.7 Å². The van der Waals surface area contributed by atoms with E-state index in [1.807, 2.05) is 0 Å². The maximum Gasteiger partial charge on any atom is 0.253 e. The lowest BCUT2D eigenvalue weighted by Crippen LogP contribution is -2.38. The molecule has 0 spiro atoms. The highest BCUT2D eigenvalue weighted by atomic mass is 16.1. The van der Waals surface area contributed by atoms with Crippen molar-refractivity contribution in [3.63, 3.8) is 0 Å². The summed E-state index contributed by atoms with van der Waals surface area (Å²) in [5.41, 5.74) is 3.43. The zero-order valence-corrected chi connectivity index (χ0v) is 17.1. The standard InChI is InChI=1S/C21H30N6O/c1-15(2)19-10-20(28)27(14-24-19)11-16-4-8-26(9-5-16)21-17-12-25(3)7-6-18(17)22-13-23-21/h10,13-16H,4-9,11-12H2,1-3H3. The molecule has 0 aliphatic carbocycles. The zero-order chi connectivity index (χ0) is 19.7. The van der Waals surface area contributed by atoms with Crippen LogP contribution in [0.2, 0.25) is 0 Å². The van der Waals surface area contributed by atoms with Crippen LogP contribution < -0.4 is 10.5 Å². The molecule has 0 unspecified atom stereocenters. The third-order valence-electron chi connectivity index (χ3n) is 6.03. The number of rotatable bonds is 4. The number of nitrogens with zero attached hydrogens (tertiary/aromatic N) is 6. The van der Waals surface area contributed by atoms with Crippen LogP contribution in [0.3, 0.4) is 0 Å². The Kier molecular flexibility index (Phi) is 5.44. The van der Waals surface area contributed by atoms with Gasteiger partial charge in [0.1, 0.15) is 12.1 Å². The van der Waals surface area contributed by atoms with Crippen LogP contribution in [0.15, 0.2) is 23.5 Å². The third kappa shape index (κ3) is 3.94. The summed E-state index contributed by atoms with van der Waals surface area (Å²) in [4.78, 5) is 30.7. The summed E-state index contributed by atoms with van der Waals surface area (Å²) in [6.45, 7) is 8.81. The number of fused-ring (bicyclic) bond motifs is 1. The van der Waals surface area contributed by atoms with Gasteiger partial charge in [-0.2, -0.15) is 0 Å². The molecule has 150 valence electrons. The second-order valence-corrected chi connectivity index (χ2v) is 8.50. The topological polar surface area (TPSA) is 67.2 Å². The van der Waals surface area contributed by atoms with Gasteiger partial charge in [0.15, 0.2) is 0 Å². The average Bonchev–Trinajstić information content (AvgIpc) is 2.69. The fraction of sp³-hybridized carbons (Fsp3) is 0.619. The Morgan fingerprint density at radius 2 is 1.93 bits per heavy atom. The minimum atomic E-state index is 0.0639. The summed E-state index contributed by atoms with van der Waals surface area (Å²) in [7, 11) is 2.16. The van der Waals surface area contributed by atoms with Crippen LogP contribution in [0.5, 0.6) is 0 Å². The maximum atomic E-state index is 12.4. The van der Waals surface area contributed by atoms with Crippen LogP contribution in [-0.2, 0) is 19.5 Å². The van der Waals surface area contributed by atoms with E-state index in [0.29, 0.717) is 5.92 Å². The van der Waals surface area contributed by atoms with E-state index < -0.39 is 0 Å². The molecule has 1 fully saturated rings. The van der Waals surface area contributed by atoms with Gasteiger partial charge in [-0.1, -0.05) is 13.8 Å². The predicted molar refractivity (Wildman–Crippen MR) is 110 cm³/mol. The molecule has 28 heavy (non-hydrogen) atoms. The van der Waals surface area contributed by atoms with Gasteiger partial charge in [0.2, 0.25) is 0 Å². The number of likely N-dealkylation sites (N-methyl/N-ethyl adjacent to an activating group) is 1. The Bertz CT molecular complexity index is 885. The Hall–Kier alpha value is -2.28. The minimum absolute atomic E-state index is 0.0639. The number of hydrogen-bond acceptors (Lipinski definition) is 6. The quantitative estimate of drug-likeness (QED) is 0.806. The second kappa shape index (κ2) is 7.99. The van der Waals surface area contributed by atoms with Crippen molar-refractivity contribution in [1.82, 2.24) is 24.4 Å². The molecule has 2 aromatic rings. The fourth-order valence-electron chi connectivity index (χ4n) is 4.23. The summed E-state index contributed by atoms with van der Waals surface area (Å²) in [5, 5.41) is 0. The highest BCUT2D eigenvalue weighted by Crippen LogP contribution is 2.29. The number of anilines is 1. The van der Waals surface area contributed by atoms with Crippen molar-refractivity contribution in [2.24, 2.45) is 5.92 Å². The second-order valence-electron chi connectivity index (χ2n) is 8.50. The van der Waals surface area contributed by atoms with Crippen molar-refractivity contribution in [2.75, 3.05) is 31.6 Å². The Balaban J connectivity index is 1.41. The minimum Gasteiger partial charge on any atom is -0.356 e. The summed E-state index contributed by atoms with van der Waals surface area (Å²) in [6.07, 6.45) is 6.56. The largest absolute Gasteiger partial charge is 0.356 e. The van der Waals surface area contributed by atoms with Crippen LogP contribution in [-0.4, -0.2) is 51.1 Å². The first-order chi connectivity index (χ1) is 13.5. The molecule has 7 nitrogen and oxygen atoms in total. The molecule has 7 heteroatoms. The van der Waals surface area contributed by atoms with Gasteiger partial charge in [-0.15, -0.1) is 0 Å². The lowest BCUT2D eigenvalue weighted by Gasteiger charge is -2.35. The van der Waals surface area contributed by atoms with Crippen molar-refractivity contribution >= 4 is 5.82 Å². The van der Waals surface area contributed by atoms with Crippen LogP contribution >= 0.6 is 0 Å². The first kappa shape index (κ1) is 19.1. The predicted octanol–water partition coefficient (Wildman–Crippen LogP) is 2.06. The van der Waals surface area contributed by atoms with E-state index in [2.05, 4.69) is 45.6 Å². The Morgan fingerprint density at radius 3 is 2.64 bits per heavy atom. The normalized spacial score (nSPS) is 18.5. The summed E-state index contributed by atoms with van der Waals surface area (Å²) in [6, 6.07) is 1.68. The van der Waals surface area contributed by atoms with E-state index >= 15 is 0 Å². The lowest BCUT2D eigenvalue weighted by molar-refractivity contribution is 0.307. The first-order valence-electron chi connectivity index (χ1n) is 10.3. The number of aromatic nitrogens is 4. The van der Waals surface area contributed by atoms with E-state index in [9.17, 15) is 4.79 Å².